The van der Waals surface area contributed by atoms with Crippen LogP contribution in [0.25, 0.3) is 0 Å². The van der Waals surface area contributed by atoms with Gasteiger partial charge in [0, 0.05) is 8.04 Å². The number of benzene rings is 2. The average molecular weight is 471 g/mol. The maximum Gasteiger partial charge on any atom is 0.257 e. The van der Waals surface area contributed by atoms with Crippen molar-refractivity contribution in [2.24, 2.45) is 0 Å². The lowest BCUT2D eigenvalue weighted by molar-refractivity contribution is 0.102. The van der Waals surface area contributed by atoms with Gasteiger partial charge >= 0.3 is 0 Å². The van der Waals surface area contributed by atoms with E-state index in [2.05, 4.69) is 43.8 Å². The number of nitrogens with one attached hydrogen (secondary N) is 1. The van der Waals surface area contributed by atoms with Gasteiger partial charge in [-0.05, 0) is 59.0 Å². The van der Waals surface area contributed by atoms with Crippen LogP contribution in [-0.2, 0) is 0 Å². The largest absolute Gasteiger partial charge is 0.321 e. The Morgan fingerprint density at radius 2 is 1.84 bits per heavy atom. The van der Waals surface area contributed by atoms with Gasteiger partial charge in [0.2, 0.25) is 0 Å². The first kappa shape index (κ1) is 15.1. The quantitative estimate of drug-likeness (QED) is 0.568. The SMILES string of the molecule is O=C(Nc1ccc(Br)cc1Cl)c1cc(I)ccc1Cl. The third-order valence-corrected chi connectivity index (χ3v) is 4.16. The van der Waals surface area contributed by atoms with Gasteiger partial charge in [0.1, 0.15) is 0 Å². The van der Waals surface area contributed by atoms with Crippen molar-refractivity contribution in [3.05, 3.63) is 60.0 Å². The van der Waals surface area contributed by atoms with E-state index in [9.17, 15) is 4.79 Å². The van der Waals surface area contributed by atoms with Crippen molar-refractivity contribution in [3.8, 4) is 0 Å². The maximum atomic E-state index is 12.2. The highest BCUT2D eigenvalue weighted by Gasteiger charge is 2.12. The third-order valence-electron chi connectivity index (χ3n) is 2.35. The molecule has 19 heavy (non-hydrogen) atoms. The van der Waals surface area contributed by atoms with Gasteiger partial charge in [-0.1, -0.05) is 39.1 Å². The van der Waals surface area contributed by atoms with E-state index in [0.717, 1.165) is 8.04 Å². The second-order valence-corrected chi connectivity index (χ2v) is 6.68. The molecular weight excluding hydrogens is 464 g/mol. The summed E-state index contributed by atoms with van der Waals surface area (Å²) < 4.78 is 1.79. The van der Waals surface area contributed by atoms with Crippen LogP contribution >= 0.6 is 61.7 Å². The standard InChI is InChI=1S/C13H7BrCl2INO/c14-7-1-4-12(11(16)5-7)18-13(19)9-6-8(17)2-3-10(9)15/h1-6H,(H,18,19). The summed E-state index contributed by atoms with van der Waals surface area (Å²) in [5.41, 5.74) is 0.970. The fourth-order valence-corrected chi connectivity index (χ4v) is 2.87. The minimum absolute atomic E-state index is 0.285. The molecule has 6 heteroatoms. The summed E-state index contributed by atoms with van der Waals surface area (Å²) in [6.45, 7) is 0. The van der Waals surface area contributed by atoms with Crippen molar-refractivity contribution in [3.63, 3.8) is 0 Å². The number of hydrogen-bond donors (Lipinski definition) is 1. The van der Waals surface area contributed by atoms with Gasteiger partial charge in [0.25, 0.3) is 5.91 Å². The molecule has 0 atom stereocenters. The lowest BCUT2D eigenvalue weighted by Gasteiger charge is -2.09. The van der Waals surface area contributed by atoms with Gasteiger partial charge in [-0.3, -0.25) is 4.79 Å². The van der Waals surface area contributed by atoms with Crippen molar-refractivity contribution in [1.82, 2.24) is 0 Å². The molecule has 2 nitrogen and oxygen atoms in total. The summed E-state index contributed by atoms with van der Waals surface area (Å²) >= 11 is 17.5. The molecule has 0 aliphatic carbocycles. The predicted octanol–water partition coefficient (Wildman–Crippen LogP) is 5.61. The first-order valence-corrected chi connectivity index (χ1v) is 7.81. The number of rotatable bonds is 2. The van der Waals surface area contributed by atoms with Gasteiger partial charge < -0.3 is 5.32 Å². The zero-order valence-electron chi connectivity index (χ0n) is 9.38. The van der Waals surface area contributed by atoms with Crippen molar-refractivity contribution < 1.29 is 4.79 Å². The van der Waals surface area contributed by atoms with E-state index in [1.807, 2.05) is 6.07 Å². The van der Waals surface area contributed by atoms with E-state index in [-0.39, 0.29) is 5.91 Å². The van der Waals surface area contributed by atoms with Crippen LogP contribution in [0.3, 0.4) is 0 Å². The maximum absolute atomic E-state index is 12.2. The second kappa shape index (κ2) is 6.43. The normalized spacial score (nSPS) is 10.3. The highest BCUT2D eigenvalue weighted by atomic mass is 127. The van der Waals surface area contributed by atoms with Crippen LogP contribution in [0.1, 0.15) is 10.4 Å². The van der Waals surface area contributed by atoms with Gasteiger partial charge in [-0.2, -0.15) is 0 Å². The number of carbonyl (C=O) groups is 1. The van der Waals surface area contributed by atoms with Crippen molar-refractivity contribution in [2.45, 2.75) is 0 Å². The van der Waals surface area contributed by atoms with Crippen LogP contribution in [0.4, 0.5) is 5.69 Å². The molecule has 98 valence electrons. The Labute approximate surface area is 142 Å². The first-order chi connectivity index (χ1) is 8.97. The molecule has 0 radical (unpaired) electrons. The molecule has 1 N–H and O–H groups in total. The Bertz CT molecular complexity index is 649. The predicted molar refractivity (Wildman–Crippen MR) is 91.3 cm³/mol. The summed E-state index contributed by atoms with van der Waals surface area (Å²) in [6, 6.07) is 10.5. The Hall–Kier alpha value is -0.300. The molecule has 1 amide bonds. The molecule has 0 bridgehead atoms. The van der Waals surface area contributed by atoms with Crippen molar-refractivity contribution in [1.29, 1.82) is 0 Å². The molecule has 0 saturated carbocycles. The van der Waals surface area contributed by atoms with E-state index >= 15 is 0 Å². The smallest absolute Gasteiger partial charge is 0.257 e. The molecule has 0 aliphatic rings. The zero-order chi connectivity index (χ0) is 14.0. The van der Waals surface area contributed by atoms with E-state index in [1.165, 1.54) is 0 Å². The van der Waals surface area contributed by atoms with E-state index < -0.39 is 0 Å². The number of halogens is 4. The van der Waals surface area contributed by atoms with E-state index in [0.29, 0.717) is 21.3 Å². The van der Waals surface area contributed by atoms with E-state index in [1.54, 1.807) is 30.3 Å². The average Bonchev–Trinajstić information content (AvgIpc) is 2.35. The summed E-state index contributed by atoms with van der Waals surface area (Å²) in [5, 5.41) is 3.61. The summed E-state index contributed by atoms with van der Waals surface area (Å²) in [5.74, 6) is -0.285. The molecule has 0 unspecified atom stereocenters. The van der Waals surface area contributed by atoms with Crippen LogP contribution in [-0.4, -0.2) is 5.91 Å². The highest BCUT2D eigenvalue weighted by Crippen LogP contribution is 2.27. The van der Waals surface area contributed by atoms with Gasteiger partial charge in [-0.15, -0.1) is 0 Å². The Morgan fingerprint density at radius 3 is 2.53 bits per heavy atom. The molecular formula is C13H7BrCl2INO. The number of anilines is 1. The fraction of sp³-hybridized carbons (Fsp3) is 0. The van der Waals surface area contributed by atoms with Crippen molar-refractivity contribution in [2.75, 3.05) is 5.32 Å². The Kier molecular flexibility index (Phi) is 5.11. The van der Waals surface area contributed by atoms with Crippen molar-refractivity contribution >= 4 is 73.3 Å². The molecule has 0 spiro atoms. The zero-order valence-corrected chi connectivity index (χ0v) is 14.6. The second-order valence-electron chi connectivity index (χ2n) is 3.70. The molecule has 0 aliphatic heterocycles. The van der Waals surface area contributed by atoms with Crippen LogP contribution < -0.4 is 5.32 Å². The number of carbonyl (C=O) groups excluding carboxylic acids is 1. The molecule has 2 rings (SSSR count). The first-order valence-electron chi connectivity index (χ1n) is 5.19. The molecule has 2 aromatic carbocycles. The molecule has 0 heterocycles. The van der Waals surface area contributed by atoms with Crippen LogP contribution in [0, 0.1) is 3.57 Å². The monoisotopic (exact) mass is 469 g/mol. The van der Waals surface area contributed by atoms with Gasteiger partial charge in [0.15, 0.2) is 0 Å². The lowest BCUT2D eigenvalue weighted by Crippen LogP contribution is -2.13. The van der Waals surface area contributed by atoms with Crippen LogP contribution in [0.2, 0.25) is 10.0 Å². The minimum Gasteiger partial charge on any atom is -0.321 e. The Morgan fingerprint density at radius 1 is 1.11 bits per heavy atom. The van der Waals surface area contributed by atoms with Crippen LogP contribution in [0.15, 0.2) is 40.9 Å². The minimum atomic E-state index is -0.285. The molecule has 0 saturated heterocycles. The third kappa shape index (κ3) is 3.84. The van der Waals surface area contributed by atoms with E-state index in [4.69, 9.17) is 23.2 Å². The van der Waals surface area contributed by atoms with Gasteiger partial charge in [0.05, 0.1) is 21.3 Å². The fourth-order valence-electron chi connectivity index (χ4n) is 1.45. The Balaban J connectivity index is 2.28. The van der Waals surface area contributed by atoms with Crippen LogP contribution in [0.5, 0.6) is 0 Å². The topological polar surface area (TPSA) is 29.1 Å². The lowest BCUT2D eigenvalue weighted by atomic mass is 10.2. The number of amides is 1. The summed E-state index contributed by atoms with van der Waals surface area (Å²) in [6.07, 6.45) is 0. The number of hydrogen-bond acceptors (Lipinski definition) is 1. The summed E-state index contributed by atoms with van der Waals surface area (Å²) in [4.78, 5) is 12.2. The molecule has 2 aromatic rings. The molecule has 0 fully saturated rings. The highest BCUT2D eigenvalue weighted by molar-refractivity contribution is 14.1. The van der Waals surface area contributed by atoms with Gasteiger partial charge in [-0.25, -0.2) is 0 Å². The molecule has 0 aromatic heterocycles. The summed E-state index contributed by atoms with van der Waals surface area (Å²) in [7, 11) is 0.